The Hall–Kier alpha value is -1.85. The molecular weight excluding hydrogens is 354 g/mol. The van der Waals surface area contributed by atoms with Gasteiger partial charge in [0.2, 0.25) is 11.7 Å². The number of benzene rings is 2. The summed E-state index contributed by atoms with van der Waals surface area (Å²) in [4.78, 5) is 4.36. The Bertz CT molecular complexity index is 746. The van der Waals surface area contributed by atoms with Gasteiger partial charge in [-0.15, -0.1) is 0 Å². The largest absolute Gasteiger partial charge is 0.376 e. The van der Waals surface area contributed by atoms with Crippen molar-refractivity contribution in [3.63, 3.8) is 0 Å². The van der Waals surface area contributed by atoms with Crippen molar-refractivity contribution in [2.24, 2.45) is 0 Å². The van der Waals surface area contributed by atoms with Crippen molar-refractivity contribution in [3.05, 3.63) is 63.9 Å². The highest BCUT2D eigenvalue weighted by Crippen LogP contribution is 2.27. The molecule has 0 radical (unpaired) electrons. The van der Waals surface area contributed by atoms with E-state index in [0.29, 0.717) is 23.3 Å². The lowest BCUT2D eigenvalue weighted by atomic mass is 10.2. The van der Waals surface area contributed by atoms with Crippen LogP contribution in [0.15, 0.2) is 57.5 Å². The smallest absolute Gasteiger partial charge is 0.246 e. The van der Waals surface area contributed by atoms with Crippen molar-refractivity contribution in [1.82, 2.24) is 10.1 Å². The van der Waals surface area contributed by atoms with Gasteiger partial charge in [0.15, 0.2) is 0 Å². The summed E-state index contributed by atoms with van der Waals surface area (Å²) in [5.74, 6) is 1.07. The first-order chi connectivity index (χ1) is 10.2. The van der Waals surface area contributed by atoms with Gasteiger partial charge < -0.3 is 9.84 Å². The second kappa shape index (κ2) is 6.28. The molecule has 0 aliphatic carbocycles. The SMILES string of the molecule is Clc1ccc(-c2noc(CNc3ccccc3)n2)cc1Br. The molecule has 106 valence electrons. The third kappa shape index (κ3) is 3.43. The fourth-order valence-electron chi connectivity index (χ4n) is 1.81. The van der Waals surface area contributed by atoms with Crippen LogP contribution in [-0.4, -0.2) is 10.1 Å². The third-order valence-corrected chi connectivity index (χ3v) is 4.08. The fourth-order valence-corrected chi connectivity index (χ4v) is 2.31. The monoisotopic (exact) mass is 363 g/mol. The first-order valence-corrected chi connectivity index (χ1v) is 7.46. The molecule has 0 spiro atoms. The molecule has 3 rings (SSSR count). The summed E-state index contributed by atoms with van der Waals surface area (Å²) in [7, 11) is 0. The molecule has 1 aromatic heterocycles. The van der Waals surface area contributed by atoms with Crippen molar-refractivity contribution in [1.29, 1.82) is 0 Å². The topological polar surface area (TPSA) is 51.0 Å². The van der Waals surface area contributed by atoms with E-state index in [1.807, 2.05) is 42.5 Å². The van der Waals surface area contributed by atoms with Crippen LogP contribution in [-0.2, 0) is 6.54 Å². The number of para-hydroxylation sites is 1. The zero-order valence-corrected chi connectivity index (χ0v) is 13.2. The van der Waals surface area contributed by atoms with Gasteiger partial charge in [-0.3, -0.25) is 0 Å². The first-order valence-electron chi connectivity index (χ1n) is 6.29. The Balaban J connectivity index is 1.72. The molecule has 0 amide bonds. The number of aromatic nitrogens is 2. The Labute approximate surface area is 135 Å². The Kier molecular flexibility index (Phi) is 4.22. The van der Waals surface area contributed by atoms with E-state index in [1.54, 1.807) is 6.07 Å². The molecule has 3 aromatic rings. The molecule has 0 bridgehead atoms. The van der Waals surface area contributed by atoms with Gasteiger partial charge in [-0.2, -0.15) is 4.98 Å². The molecule has 0 fully saturated rings. The van der Waals surface area contributed by atoms with Crippen LogP contribution in [0.25, 0.3) is 11.4 Å². The van der Waals surface area contributed by atoms with Crippen LogP contribution in [0.5, 0.6) is 0 Å². The van der Waals surface area contributed by atoms with Crippen LogP contribution in [0.1, 0.15) is 5.89 Å². The minimum atomic E-state index is 0.478. The molecule has 0 aliphatic rings. The molecular formula is C15H11BrClN3O. The highest BCUT2D eigenvalue weighted by Gasteiger charge is 2.09. The molecule has 4 nitrogen and oxygen atoms in total. The number of hydrogen-bond acceptors (Lipinski definition) is 4. The van der Waals surface area contributed by atoms with Gasteiger partial charge in [-0.05, 0) is 46.3 Å². The average Bonchev–Trinajstić information content (AvgIpc) is 2.98. The molecule has 1 heterocycles. The lowest BCUT2D eigenvalue weighted by Gasteiger charge is -2.01. The maximum Gasteiger partial charge on any atom is 0.246 e. The number of halogens is 2. The second-order valence-corrected chi connectivity index (χ2v) is 5.62. The predicted octanol–water partition coefficient (Wildman–Crippen LogP) is 4.76. The average molecular weight is 365 g/mol. The maximum absolute atomic E-state index is 5.97. The second-order valence-electron chi connectivity index (χ2n) is 4.36. The van der Waals surface area contributed by atoms with Crippen molar-refractivity contribution in [3.8, 4) is 11.4 Å². The van der Waals surface area contributed by atoms with E-state index in [1.165, 1.54) is 0 Å². The standard InChI is InChI=1S/C15H11BrClN3O/c16-12-8-10(6-7-13(12)17)15-19-14(21-20-15)9-18-11-4-2-1-3-5-11/h1-8,18H,9H2. The van der Waals surface area contributed by atoms with Crippen molar-refractivity contribution in [2.75, 3.05) is 5.32 Å². The summed E-state index contributed by atoms with van der Waals surface area (Å²) in [5, 5.41) is 7.85. The molecule has 21 heavy (non-hydrogen) atoms. The molecule has 6 heteroatoms. The molecule has 2 aromatic carbocycles. The van der Waals surface area contributed by atoms with Crippen molar-refractivity contribution in [2.45, 2.75) is 6.54 Å². The molecule has 0 aliphatic heterocycles. The minimum absolute atomic E-state index is 0.478. The first kappa shape index (κ1) is 14.1. The summed E-state index contributed by atoms with van der Waals surface area (Å²) in [6.07, 6.45) is 0. The number of rotatable bonds is 4. The van der Waals surface area contributed by atoms with Crippen LogP contribution in [0.3, 0.4) is 0 Å². The van der Waals surface area contributed by atoms with Crippen molar-refractivity contribution >= 4 is 33.2 Å². The van der Waals surface area contributed by atoms with E-state index >= 15 is 0 Å². The summed E-state index contributed by atoms with van der Waals surface area (Å²) in [6, 6.07) is 15.4. The van der Waals surface area contributed by atoms with E-state index in [4.69, 9.17) is 16.1 Å². The highest BCUT2D eigenvalue weighted by atomic mass is 79.9. The normalized spacial score (nSPS) is 10.6. The van der Waals surface area contributed by atoms with Gasteiger partial charge in [0.1, 0.15) is 0 Å². The summed E-state index contributed by atoms with van der Waals surface area (Å²) < 4.78 is 6.04. The van der Waals surface area contributed by atoms with Gasteiger partial charge in [0, 0.05) is 15.7 Å². The van der Waals surface area contributed by atoms with Gasteiger partial charge >= 0.3 is 0 Å². The highest BCUT2D eigenvalue weighted by molar-refractivity contribution is 9.10. The van der Waals surface area contributed by atoms with Gasteiger partial charge in [-0.25, -0.2) is 0 Å². The zero-order chi connectivity index (χ0) is 14.7. The number of hydrogen-bond donors (Lipinski definition) is 1. The van der Waals surface area contributed by atoms with E-state index in [9.17, 15) is 0 Å². The van der Waals surface area contributed by atoms with Crippen LogP contribution >= 0.6 is 27.5 Å². The van der Waals surface area contributed by atoms with Crippen molar-refractivity contribution < 1.29 is 4.52 Å². The summed E-state index contributed by atoms with van der Waals surface area (Å²) in [5.41, 5.74) is 1.85. The summed E-state index contributed by atoms with van der Waals surface area (Å²) in [6.45, 7) is 0.478. The van der Waals surface area contributed by atoms with Gasteiger partial charge in [0.05, 0.1) is 11.6 Å². The maximum atomic E-state index is 5.97. The minimum Gasteiger partial charge on any atom is -0.376 e. The third-order valence-electron chi connectivity index (χ3n) is 2.86. The zero-order valence-electron chi connectivity index (χ0n) is 10.9. The van der Waals surface area contributed by atoms with Crippen LogP contribution < -0.4 is 5.32 Å². The fraction of sp³-hybridized carbons (Fsp3) is 0.0667. The molecule has 0 unspecified atom stereocenters. The molecule has 1 N–H and O–H groups in total. The van der Waals surface area contributed by atoms with Gasteiger partial charge in [0.25, 0.3) is 0 Å². The predicted molar refractivity (Wildman–Crippen MR) is 86.2 cm³/mol. The Morgan fingerprint density at radius 3 is 2.71 bits per heavy atom. The van der Waals surface area contributed by atoms with E-state index in [-0.39, 0.29) is 0 Å². The van der Waals surface area contributed by atoms with Crippen LogP contribution in [0, 0.1) is 0 Å². The number of anilines is 1. The molecule has 0 saturated carbocycles. The number of nitrogens with one attached hydrogen (secondary N) is 1. The van der Waals surface area contributed by atoms with E-state index < -0.39 is 0 Å². The summed E-state index contributed by atoms with van der Waals surface area (Å²) >= 11 is 9.35. The van der Waals surface area contributed by atoms with Crippen LogP contribution in [0.2, 0.25) is 5.02 Å². The van der Waals surface area contributed by atoms with E-state index in [0.717, 1.165) is 15.7 Å². The van der Waals surface area contributed by atoms with Crippen LogP contribution in [0.4, 0.5) is 5.69 Å². The lowest BCUT2D eigenvalue weighted by molar-refractivity contribution is 0.384. The Morgan fingerprint density at radius 1 is 1.14 bits per heavy atom. The van der Waals surface area contributed by atoms with E-state index in [2.05, 4.69) is 31.4 Å². The number of nitrogens with zero attached hydrogens (tertiary/aromatic N) is 2. The Morgan fingerprint density at radius 2 is 1.95 bits per heavy atom. The van der Waals surface area contributed by atoms with Gasteiger partial charge in [-0.1, -0.05) is 35.0 Å². The molecule has 0 saturated heterocycles. The molecule has 0 atom stereocenters. The lowest BCUT2D eigenvalue weighted by Crippen LogP contribution is -1.99. The quantitative estimate of drug-likeness (QED) is 0.725.